The van der Waals surface area contributed by atoms with Crippen LogP contribution in [-0.4, -0.2) is 19.5 Å². The molecule has 6 heteroatoms. The minimum Gasteiger partial charge on any atom is -0.325 e. The number of rotatable bonds is 4. The SMILES string of the molecule is C#CCn1c(=O)[nH]c2nc(C#CCCCCC)[nH]c2c1=O. The molecule has 0 atom stereocenters. The molecule has 0 aliphatic heterocycles. The van der Waals surface area contributed by atoms with Crippen molar-refractivity contribution >= 4 is 11.2 Å². The quantitative estimate of drug-likeness (QED) is 0.648. The van der Waals surface area contributed by atoms with Crippen molar-refractivity contribution in [1.29, 1.82) is 0 Å². The molecule has 108 valence electrons. The van der Waals surface area contributed by atoms with Crippen molar-refractivity contribution in [2.24, 2.45) is 0 Å². The first-order valence-corrected chi connectivity index (χ1v) is 6.82. The number of terminal acetylenes is 1. The Labute approximate surface area is 121 Å². The van der Waals surface area contributed by atoms with Crippen LogP contribution in [0.4, 0.5) is 0 Å². The first-order chi connectivity index (χ1) is 10.2. The maximum absolute atomic E-state index is 12.1. The van der Waals surface area contributed by atoms with Gasteiger partial charge in [-0.2, -0.15) is 0 Å². The maximum atomic E-state index is 12.1. The molecule has 0 saturated carbocycles. The molecule has 0 unspecified atom stereocenters. The van der Waals surface area contributed by atoms with Crippen LogP contribution >= 0.6 is 0 Å². The van der Waals surface area contributed by atoms with Gasteiger partial charge in [-0.15, -0.1) is 6.42 Å². The lowest BCUT2D eigenvalue weighted by molar-refractivity contribution is 0.737. The highest BCUT2D eigenvalue weighted by Crippen LogP contribution is 2.01. The van der Waals surface area contributed by atoms with Gasteiger partial charge in [-0.1, -0.05) is 31.6 Å². The molecule has 0 saturated heterocycles. The van der Waals surface area contributed by atoms with E-state index in [1.165, 1.54) is 0 Å². The zero-order valence-corrected chi connectivity index (χ0v) is 11.8. The van der Waals surface area contributed by atoms with E-state index in [0.29, 0.717) is 5.82 Å². The monoisotopic (exact) mass is 284 g/mol. The van der Waals surface area contributed by atoms with E-state index in [0.717, 1.165) is 30.3 Å². The molecule has 2 heterocycles. The molecule has 0 aromatic carbocycles. The summed E-state index contributed by atoms with van der Waals surface area (Å²) in [6.07, 6.45) is 9.24. The standard InChI is InChI=1S/C15H16N4O2/c1-3-5-6-7-8-9-11-16-12-13(17-11)18-15(21)19(10-4-2)14(12)20/h2H,3,5-7,10H2,1H3,(H,16,17)(H,18,21). The van der Waals surface area contributed by atoms with Crippen molar-refractivity contribution in [2.75, 3.05) is 0 Å². The van der Waals surface area contributed by atoms with Crippen LogP contribution < -0.4 is 11.2 Å². The number of unbranched alkanes of at least 4 members (excludes halogenated alkanes) is 3. The number of aromatic nitrogens is 4. The molecule has 2 aromatic rings. The summed E-state index contributed by atoms with van der Waals surface area (Å²) >= 11 is 0. The molecular formula is C15H16N4O2. The number of aromatic amines is 2. The van der Waals surface area contributed by atoms with Gasteiger partial charge in [-0.05, 0) is 12.3 Å². The normalized spacial score (nSPS) is 10.1. The predicted octanol–water partition coefficient (Wildman–Crippen LogP) is 0.978. The summed E-state index contributed by atoms with van der Waals surface area (Å²) in [6.45, 7) is 2.05. The Bertz CT molecular complexity index is 852. The summed E-state index contributed by atoms with van der Waals surface area (Å²) in [5, 5.41) is 0. The van der Waals surface area contributed by atoms with Crippen LogP contribution in [0.15, 0.2) is 9.59 Å². The van der Waals surface area contributed by atoms with Gasteiger partial charge in [0.05, 0.1) is 6.54 Å². The van der Waals surface area contributed by atoms with Gasteiger partial charge in [0.15, 0.2) is 17.0 Å². The van der Waals surface area contributed by atoms with E-state index >= 15 is 0 Å². The minimum atomic E-state index is -0.570. The summed E-state index contributed by atoms with van der Waals surface area (Å²) in [5.74, 6) is 8.50. The summed E-state index contributed by atoms with van der Waals surface area (Å²) in [5.41, 5.74) is -0.642. The molecule has 6 nitrogen and oxygen atoms in total. The first-order valence-electron chi connectivity index (χ1n) is 6.82. The maximum Gasteiger partial charge on any atom is 0.330 e. The van der Waals surface area contributed by atoms with Crippen LogP contribution in [0.1, 0.15) is 38.4 Å². The van der Waals surface area contributed by atoms with Crippen molar-refractivity contribution in [3.63, 3.8) is 0 Å². The molecule has 0 spiro atoms. The van der Waals surface area contributed by atoms with Gasteiger partial charge in [0.25, 0.3) is 5.56 Å². The van der Waals surface area contributed by atoms with E-state index in [2.05, 4.69) is 39.6 Å². The molecule has 0 aliphatic carbocycles. The fourth-order valence-electron chi connectivity index (χ4n) is 1.92. The highest BCUT2D eigenvalue weighted by molar-refractivity contribution is 5.69. The van der Waals surface area contributed by atoms with Crippen molar-refractivity contribution in [3.8, 4) is 24.2 Å². The lowest BCUT2D eigenvalue weighted by Crippen LogP contribution is -2.34. The van der Waals surface area contributed by atoms with E-state index in [9.17, 15) is 9.59 Å². The van der Waals surface area contributed by atoms with Crippen molar-refractivity contribution < 1.29 is 0 Å². The van der Waals surface area contributed by atoms with Gasteiger partial charge >= 0.3 is 5.69 Å². The molecule has 2 N–H and O–H groups in total. The minimum absolute atomic E-state index is 0.0822. The number of hydrogen-bond acceptors (Lipinski definition) is 3. The molecule has 0 amide bonds. The van der Waals surface area contributed by atoms with Gasteiger partial charge in [0, 0.05) is 6.42 Å². The second-order valence-electron chi connectivity index (χ2n) is 4.59. The molecule has 0 fully saturated rings. The van der Waals surface area contributed by atoms with Gasteiger partial charge < -0.3 is 4.98 Å². The summed E-state index contributed by atoms with van der Waals surface area (Å²) < 4.78 is 0.943. The average molecular weight is 284 g/mol. The highest BCUT2D eigenvalue weighted by Gasteiger charge is 2.10. The van der Waals surface area contributed by atoms with E-state index in [4.69, 9.17) is 6.42 Å². The third-order valence-electron chi connectivity index (χ3n) is 2.99. The zero-order chi connectivity index (χ0) is 15.2. The number of imidazole rings is 1. The second kappa shape index (κ2) is 6.62. The fourth-order valence-corrected chi connectivity index (χ4v) is 1.92. The Morgan fingerprint density at radius 3 is 2.81 bits per heavy atom. The third kappa shape index (κ3) is 3.24. The van der Waals surface area contributed by atoms with Crippen molar-refractivity contribution in [2.45, 2.75) is 39.2 Å². The van der Waals surface area contributed by atoms with Gasteiger partial charge in [0.1, 0.15) is 0 Å². The molecular weight excluding hydrogens is 268 g/mol. The summed E-state index contributed by atoms with van der Waals surface area (Å²) in [7, 11) is 0. The number of H-pyrrole nitrogens is 2. The van der Waals surface area contributed by atoms with E-state index in [1.54, 1.807) is 0 Å². The Balaban J connectivity index is 2.34. The first kappa shape index (κ1) is 14.7. The van der Waals surface area contributed by atoms with Gasteiger partial charge in [-0.25, -0.2) is 14.3 Å². The Morgan fingerprint density at radius 2 is 2.10 bits per heavy atom. The molecule has 21 heavy (non-hydrogen) atoms. The molecule has 0 radical (unpaired) electrons. The van der Waals surface area contributed by atoms with Crippen LogP contribution in [0.25, 0.3) is 11.2 Å². The topological polar surface area (TPSA) is 83.5 Å². The summed E-state index contributed by atoms with van der Waals surface area (Å²) in [4.78, 5) is 33.2. The summed E-state index contributed by atoms with van der Waals surface area (Å²) in [6, 6.07) is 0. The average Bonchev–Trinajstić information content (AvgIpc) is 2.86. The van der Waals surface area contributed by atoms with Crippen molar-refractivity contribution in [3.05, 3.63) is 26.7 Å². The molecule has 2 rings (SSSR count). The molecule has 0 aliphatic rings. The van der Waals surface area contributed by atoms with E-state index < -0.39 is 11.2 Å². The number of nitrogens with one attached hydrogen (secondary N) is 2. The lowest BCUT2D eigenvalue weighted by atomic mass is 10.2. The Hall–Kier alpha value is -2.73. The Morgan fingerprint density at radius 1 is 1.29 bits per heavy atom. The van der Waals surface area contributed by atoms with Crippen LogP contribution in [-0.2, 0) is 6.54 Å². The molecule has 0 bridgehead atoms. The van der Waals surface area contributed by atoms with Crippen LogP contribution in [0.3, 0.4) is 0 Å². The van der Waals surface area contributed by atoms with Crippen LogP contribution in [0, 0.1) is 24.2 Å². The zero-order valence-electron chi connectivity index (χ0n) is 11.8. The number of nitrogens with zero attached hydrogens (tertiary/aromatic N) is 2. The second-order valence-corrected chi connectivity index (χ2v) is 4.59. The lowest BCUT2D eigenvalue weighted by Gasteiger charge is -1.97. The smallest absolute Gasteiger partial charge is 0.325 e. The van der Waals surface area contributed by atoms with Crippen LogP contribution in [0.5, 0.6) is 0 Å². The van der Waals surface area contributed by atoms with E-state index in [1.807, 2.05) is 0 Å². The molecule has 2 aromatic heterocycles. The van der Waals surface area contributed by atoms with Gasteiger partial charge in [0.2, 0.25) is 0 Å². The number of hydrogen-bond donors (Lipinski definition) is 2. The third-order valence-corrected chi connectivity index (χ3v) is 2.99. The highest BCUT2D eigenvalue weighted by atomic mass is 16.2. The van der Waals surface area contributed by atoms with Crippen molar-refractivity contribution in [1.82, 2.24) is 19.5 Å². The van der Waals surface area contributed by atoms with E-state index in [-0.39, 0.29) is 17.7 Å². The fraction of sp³-hybridized carbons (Fsp3) is 0.400. The Kier molecular flexibility index (Phi) is 4.63. The predicted molar refractivity (Wildman–Crippen MR) is 80.8 cm³/mol. The van der Waals surface area contributed by atoms with Crippen LogP contribution in [0.2, 0.25) is 0 Å². The van der Waals surface area contributed by atoms with Gasteiger partial charge in [-0.3, -0.25) is 9.78 Å². The number of fused-ring (bicyclic) bond motifs is 1. The largest absolute Gasteiger partial charge is 0.330 e.